The number of ether oxygens (including phenoxy) is 2. The van der Waals surface area contributed by atoms with Gasteiger partial charge in [0.05, 0.1) is 6.61 Å². The van der Waals surface area contributed by atoms with Crippen LogP contribution >= 0.6 is 24.0 Å². The first-order chi connectivity index (χ1) is 10.8. The zero-order chi connectivity index (χ0) is 17.0. The summed E-state index contributed by atoms with van der Waals surface area (Å²) in [5, 5.41) is 6.70. The number of guanidine groups is 1. The number of hydrogen-bond donors (Lipinski definition) is 2. The summed E-state index contributed by atoms with van der Waals surface area (Å²) in [6.45, 7) is 11.7. The van der Waals surface area contributed by atoms with Gasteiger partial charge in [0.1, 0.15) is 17.6 Å². The molecule has 0 bridgehead atoms. The summed E-state index contributed by atoms with van der Waals surface area (Å²) in [6.07, 6.45) is 1.18. The summed E-state index contributed by atoms with van der Waals surface area (Å²) in [4.78, 5) is 4.27. The maximum Gasteiger partial charge on any atom is 0.191 e. The van der Waals surface area contributed by atoms with Crippen molar-refractivity contribution in [2.45, 2.75) is 59.2 Å². The number of nitrogens with zero attached hydrogens (tertiary/aromatic N) is 1. The predicted molar refractivity (Wildman–Crippen MR) is 110 cm³/mol. The molecule has 1 atom stereocenters. The van der Waals surface area contributed by atoms with Gasteiger partial charge in [0, 0.05) is 36.7 Å². The zero-order valence-corrected chi connectivity index (χ0v) is 17.9. The summed E-state index contributed by atoms with van der Waals surface area (Å²) in [6, 6.07) is 4.19. The molecule has 0 radical (unpaired) electrons. The van der Waals surface area contributed by atoms with E-state index in [9.17, 15) is 0 Å². The van der Waals surface area contributed by atoms with Crippen molar-refractivity contribution >= 4 is 29.9 Å². The topological polar surface area (TPSA) is 54.9 Å². The number of rotatable bonds is 4. The van der Waals surface area contributed by atoms with Crippen LogP contribution in [0.4, 0.5) is 0 Å². The molecule has 2 N–H and O–H groups in total. The van der Waals surface area contributed by atoms with Crippen molar-refractivity contribution in [1.29, 1.82) is 0 Å². The molecule has 0 aromatic heterocycles. The Morgan fingerprint density at radius 3 is 2.67 bits per heavy atom. The van der Waals surface area contributed by atoms with Crippen LogP contribution in [0.15, 0.2) is 17.1 Å². The first-order valence-electron chi connectivity index (χ1n) is 8.26. The smallest absolute Gasteiger partial charge is 0.191 e. The SMILES string of the molecule is CCOc1cc2c(cc1CNC(=NC)NC(C)(C)C)OC(C)C2.I. The van der Waals surface area contributed by atoms with Gasteiger partial charge in [0.25, 0.3) is 0 Å². The third-order valence-electron chi connectivity index (χ3n) is 3.54. The van der Waals surface area contributed by atoms with Crippen LogP contribution in [0.1, 0.15) is 45.7 Å². The highest BCUT2D eigenvalue weighted by atomic mass is 127. The first kappa shape index (κ1) is 20.9. The lowest BCUT2D eigenvalue weighted by Gasteiger charge is -2.24. The molecule has 136 valence electrons. The number of benzene rings is 1. The van der Waals surface area contributed by atoms with E-state index < -0.39 is 0 Å². The number of nitrogens with one attached hydrogen (secondary N) is 2. The van der Waals surface area contributed by atoms with Crippen LogP contribution in [0.25, 0.3) is 0 Å². The average molecular weight is 447 g/mol. The predicted octanol–water partition coefficient (Wildman–Crippen LogP) is 3.49. The molecule has 1 unspecified atom stereocenters. The van der Waals surface area contributed by atoms with Crippen molar-refractivity contribution in [2.75, 3.05) is 13.7 Å². The Bertz CT molecular complexity index is 582. The van der Waals surface area contributed by atoms with E-state index in [4.69, 9.17) is 9.47 Å². The van der Waals surface area contributed by atoms with Crippen LogP contribution in [0.3, 0.4) is 0 Å². The second-order valence-electron chi connectivity index (χ2n) is 6.93. The van der Waals surface area contributed by atoms with E-state index in [0.717, 1.165) is 29.4 Å². The minimum absolute atomic E-state index is 0. The third-order valence-corrected chi connectivity index (χ3v) is 3.54. The summed E-state index contributed by atoms with van der Waals surface area (Å²) < 4.78 is 11.7. The lowest BCUT2D eigenvalue weighted by atomic mass is 10.1. The highest BCUT2D eigenvalue weighted by Crippen LogP contribution is 2.35. The largest absolute Gasteiger partial charge is 0.494 e. The minimum atomic E-state index is -0.0406. The van der Waals surface area contributed by atoms with E-state index in [1.165, 1.54) is 5.56 Å². The van der Waals surface area contributed by atoms with Gasteiger partial charge < -0.3 is 20.1 Å². The molecule has 0 spiro atoms. The summed E-state index contributed by atoms with van der Waals surface area (Å²) in [7, 11) is 1.78. The molecule has 0 fully saturated rings. The molecule has 5 nitrogen and oxygen atoms in total. The van der Waals surface area contributed by atoms with Gasteiger partial charge in [-0.05, 0) is 46.8 Å². The van der Waals surface area contributed by atoms with Gasteiger partial charge in [-0.25, -0.2) is 0 Å². The molecule has 0 saturated heterocycles. The van der Waals surface area contributed by atoms with Crippen molar-refractivity contribution < 1.29 is 9.47 Å². The second-order valence-corrected chi connectivity index (χ2v) is 6.93. The van der Waals surface area contributed by atoms with Crippen LogP contribution in [0.5, 0.6) is 11.5 Å². The molecule has 6 heteroatoms. The van der Waals surface area contributed by atoms with E-state index in [1.807, 2.05) is 6.92 Å². The van der Waals surface area contributed by atoms with Gasteiger partial charge in [-0.3, -0.25) is 4.99 Å². The number of fused-ring (bicyclic) bond motifs is 1. The molecule has 0 aliphatic carbocycles. The second kappa shape index (κ2) is 8.78. The van der Waals surface area contributed by atoms with E-state index >= 15 is 0 Å². The van der Waals surface area contributed by atoms with Gasteiger partial charge in [0.2, 0.25) is 0 Å². The van der Waals surface area contributed by atoms with Gasteiger partial charge in [-0.2, -0.15) is 0 Å². The molecule has 0 amide bonds. The Morgan fingerprint density at radius 1 is 1.38 bits per heavy atom. The fraction of sp³-hybridized carbons (Fsp3) is 0.611. The van der Waals surface area contributed by atoms with Crippen LogP contribution < -0.4 is 20.1 Å². The maximum atomic E-state index is 5.87. The van der Waals surface area contributed by atoms with Crippen LogP contribution in [0.2, 0.25) is 0 Å². The average Bonchev–Trinajstić information content (AvgIpc) is 2.81. The molecule has 24 heavy (non-hydrogen) atoms. The lowest BCUT2D eigenvalue weighted by Crippen LogP contribution is -2.47. The number of aliphatic imine (C=N–C) groups is 1. The summed E-state index contributed by atoms with van der Waals surface area (Å²) in [5.41, 5.74) is 2.26. The lowest BCUT2D eigenvalue weighted by molar-refractivity contribution is 0.254. The van der Waals surface area contributed by atoms with Crippen LogP contribution in [0, 0.1) is 0 Å². The van der Waals surface area contributed by atoms with Gasteiger partial charge in [0.15, 0.2) is 5.96 Å². The molecule has 1 aliphatic rings. The van der Waals surface area contributed by atoms with E-state index in [1.54, 1.807) is 7.05 Å². The van der Waals surface area contributed by atoms with E-state index in [0.29, 0.717) is 13.2 Å². The summed E-state index contributed by atoms with van der Waals surface area (Å²) in [5.74, 6) is 2.66. The zero-order valence-electron chi connectivity index (χ0n) is 15.5. The van der Waals surface area contributed by atoms with Crippen LogP contribution in [-0.2, 0) is 13.0 Å². The Hall–Kier alpha value is -1.18. The quantitative estimate of drug-likeness (QED) is 0.422. The molecule has 2 rings (SSSR count). The minimum Gasteiger partial charge on any atom is -0.494 e. The van der Waals surface area contributed by atoms with Crippen molar-refractivity contribution in [3.05, 3.63) is 23.3 Å². The highest BCUT2D eigenvalue weighted by molar-refractivity contribution is 14.0. The van der Waals surface area contributed by atoms with Crippen molar-refractivity contribution in [1.82, 2.24) is 10.6 Å². The first-order valence-corrected chi connectivity index (χ1v) is 8.26. The fourth-order valence-electron chi connectivity index (χ4n) is 2.62. The molecular weight excluding hydrogens is 417 g/mol. The van der Waals surface area contributed by atoms with E-state index in [-0.39, 0.29) is 35.6 Å². The highest BCUT2D eigenvalue weighted by Gasteiger charge is 2.22. The Kier molecular flexibility index (Phi) is 7.63. The Balaban J connectivity index is 0.00000288. The van der Waals surface area contributed by atoms with Crippen molar-refractivity contribution in [3.63, 3.8) is 0 Å². The standard InChI is InChI=1S/C18H29N3O2.HI/c1-7-22-15-9-13-8-12(2)23-16(13)10-14(15)11-20-17(19-6)21-18(3,4)5;/h9-10,12H,7-8,11H2,1-6H3,(H2,19,20,21);1H. The monoisotopic (exact) mass is 447 g/mol. The van der Waals surface area contributed by atoms with E-state index in [2.05, 4.69) is 55.5 Å². The van der Waals surface area contributed by atoms with Gasteiger partial charge in [-0.1, -0.05) is 0 Å². The molecular formula is C18H30IN3O2. The van der Waals surface area contributed by atoms with Crippen molar-refractivity contribution in [2.24, 2.45) is 4.99 Å². The molecule has 1 heterocycles. The number of halogens is 1. The maximum absolute atomic E-state index is 5.87. The fourth-order valence-corrected chi connectivity index (χ4v) is 2.62. The Morgan fingerprint density at radius 2 is 2.08 bits per heavy atom. The third kappa shape index (κ3) is 5.72. The van der Waals surface area contributed by atoms with Gasteiger partial charge in [-0.15, -0.1) is 24.0 Å². The number of hydrogen-bond acceptors (Lipinski definition) is 3. The molecule has 1 aromatic carbocycles. The van der Waals surface area contributed by atoms with Gasteiger partial charge >= 0.3 is 0 Å². The van der Waals surface area contributed by atoms with Crippen LogP contribution in [-0.4, -0.2) is 31.3 Å². The molecule has 1 aromatic rings. The normalized spacial score (nSPS) is 16.8. The van der Waals surface area contributed by atoms with Crippen molar-refractivity contribution in [3.8, 4) is 11.5 Å². The molecule has 0 saturated carbocycles. The Labute approximate surface area is 162 Å². The summed E-state index contributed by atoms with van der Waals surface area (Å²) >= 11 is 0. The molecule has 1 aliphatic heterocycles.